The summed E-state index contributed by atoms with van der Waals surface area (Å²) in [5, 5.41) is 3.46. The van der Waals surface area contributed by atoms with Crippen molar-refractivity contribution in [3.05, 3.63) is 121 Å². The van der Waals surface area contributed by atoms with Crippen molar-refractivity contribution in [3.63, 3.8) is 0 Å². The van der Waals surface area contributed by atoms with Crippen LogP contribution in [0.15, 0.2) is 120 Å². The molecule has 0 saturated heterocycles. The molecule has 0 spiro atoms. The number of hydrazine groups is 1. The van der Waals surface area contributed by atoms with Crippen LogP contribution in [0.1, 0.15) is 0 Å². The van der Waals surface area contributed by atoms with E-state index in [-0.39, 0.29) is 22.5 Å². The van der Waals surface area contributed by atoms with Crippen molar-refractivity contribution >= 4 is 40.7 Å². The van der Waals surface area contributed by atoms with Crippen molar-refractivity contribution in [2.45, 2.75) is 5.16 Å². The predicted octanol–water partition coefficient (Wildman–Crippen LogP) is 6.46. The molecule has 1 amide bonds. The van der Waals surface area contributed by atoms with Gasteiger partial charge in [0, 0.05) is 16.8 Å². The second-order valence-electron chi connectivity index (χ2n) is 8.39. The molecule has 0 unspecified atom stereocenters. The first kappa shape index (κ1) is 26.1. The van der Waals surface area contributed by atoms with E-state index in [2.05, 4.69) is 32.9 Å². The number of benzene rings is 4. The highest BCUT2D eigenvalue weighted by molar-refractivity contribution is 7.99. The highest BCUT2D eigenvalue weighted by atomic mass is 32.2. The number of carbonyl (C=O) groups excluding carboxylic acids is 1. The molecule has 5 rings (SSSR count). The maximum Gasteiger partial charge on any atom is 0.248 e. The van der Waals surface area contributed by atoms with Gasteiger partial charge in [0.2, 0.25) is 5.91 Å². The van der Waals surface area contributed by atoms with E-state index < -0.39 is 5.82 Å². The second-order valence-corrected chi connectivity index (χ2v) is 9.74. The van der Waals surface area contributed by atoms with Crippen LogP contribution >= 0.6 is 24.0 Å². The summed E-state index contributed by atoms with van der Waals surface area (Å²) in [4.78, 5) is 17.7. The lowest BCUT2D eigenvalue weighted by Gasteiger charge is -2.14. The molecule has 3 N–H and O–H groups in total. The summed E-state index contributed by atoms with van der Waals surface area (Å²) in [6.07, 6.45) is 0. The number of hydrogen-bond donors (Lipinski definition) is 3. The SMILES string of the molecule is O=C(CSc1nc(-c2ccccc2)c(-c2ccccc2)n1-c1ccccc1)NNC(=S)Nc1ccccc1F. The molecule has 1 heterocycles. The van der Waals surface area contributed by atoms with E-state index in [4.69, 9.17) is 17.2 Å². The standard InChI is InChI=1S/C30H24FN5OS2/c31-24-18-10-11-19-25(24)32-29(38)35-34-26(37)20-39-30-33-27(21-12-4-1-5-13-21)28(22-14-6-2-7-15-22)36(30)23-16-8-3-9-17-23/h1-19H,20H2,(H,34,37)(H2,32,35,38). The Morgan fingerprint density at radius 2 is 1.38 bits per heavy atom. The minimum absolute atomic E-state index is 0.0710. The van der Waals surface area contributed by atoms with Crippen molar-refractivity contribution in [2.75, 3.05) is 11.1 Å². The van der Waals surface area contributed by atoms with E-state index in [0.717, 1.165) is 28.2 Å². The lowest BCUT2D eigenvalue weighted by Crippen LogP contribution is -2.44. The number of rotatable bonds is 7. The van der Waals surface area contributed by atoms with Gasteiger partial charge in [0.15, 0.2) is 10.3 Å². The van der Waals surface area contributed by atoms with Gasteiger partial charge in [-0.1, -0.05) is 103 Å². The molecule has 4 aromatic carbocycles. The van der Waals surface area contributed by atoms with Crippen LogP contribution in [-0.4, -0.2) is 26.3 Å². The zero-order chi connectivity index (χ0) is 27.0. The number of imidazole rings is 1. The van der Waals surface area contributed by atoms with Gasteiger partial charge >= 0.3 is 0 Å². The Labute approximate surface area is 235 Å². The highest BCUT2D eigenvalue weighted by Gasteiger charge is 2.22. The van der Waals surface area contributed by atoms with Crippen LogP contribution in [0.25, 0.3) is 28.2 Å². The number of thioether (sulfide) groups is 1. The van der Waals surface area contributed by atoms with Gasteiger partial charge < -0.3 is 5.32 Å². The van der Waals surface area contributed by atoms with Gasteiger partial charge in [-0.05, 0) is 36.5 Å². The summed E-state index contributed by atoms with van der Waals surface area (Å²) in [5.41, 5.74) is 10.1. The molecule has 1 aromatic heterocycles. The molecular weight excluding hydrogens is 529 g/mol. The lowest BCUT2D eigenvalue weighted by atomic mass is 10.0. The molecule has 9 heteroatoms. The smallest absolute Gasteiger partial charge is 0.248 e. The number of nitrogens with one attached hydrogen (secondary N) is 3. The van der Waals surface area contributed by atoms with Gasteiger partial charge in [-0.2, -0.15) is 0 Å². The number of thiocarbonyl (C=S) groups is 1. The van der Waals surface area contributed by atoms with Crippen molar-refractivity contribution in [1.82, 2.24) is 20.4 Å². The summed E-state index contributed by atoms with van der Waals surface area (Å²) in [6, 6.07) is 36.2. The average molecular weight is 554 g/mol. The fourth-order valence-corrected chi connectivity index (χ4v) is 4.96. The third kappa shape index (κ3) is 6.34. The fraction of sp³-hybridized carbons (Fsp3) is 0.0333. The molecule has 39 heavy (non-hydrogen) atoms. The summed E-state index contributed by atoms with van der Waals surface area (Å²) >= 11 is 6.49. The first-order valence-electron chi connectivity index (χ1n) is 12.1. The van der Waals surface area contributed by atoms with Gasteiger partial charge in [0.1, 0.15) is 5.82 Å². The normalized spacial score (nSPS) is 10.6. The van der Waals surface area contributed by atoms with Crippen LogP contribution in [0.5, 0.6) is 0 Å². The summed E-state index contributed by atoms with van der Waals surface area (Å²) in [7, 11) is 0. The average Bonchev–Trinajstić information content (AvgIpc) is 3.37. The summed E-state index contributed by atoms with van der Waals surface area (Å²) in [6.45, 7) is 0. The van der Waals surface area contributed by atoms with Crippen molar-refractivity contribution < 1.29 is 9.18 Å². The Morgan fingerprint density at radius 1 is 0.795 bits per heavy atom. The number of carbonyl (C=O) groups is 1. The van der Waals surface area contributed by atoms with Gasteiger partial charge in [-0.15, -0.1) is 0 Å². The molecule has 0 saturated carbocycles. The number of amides is 1. The number of para-hydroxylation sites is 2. The van der Waals surface area contributed by atoms with E-state index in [1.54, 1.807) is 18.2 Å². The van der Waals surface area contributed by atoms with Gasteiger partial charge in [0.05, 0.1) is 22.8 Å². The first-order valence-corrected chi connectivity index (χ1v) is 13.5. The molecule has 0 bridgehead atoms. The number of aromatic nitrogens is 2. The minimum Gasteiger partial charge on any atom is -0.329 e. The van der Waals surface area contributed by atoms with Crippen LogP contribution < -0.4 is 16.2 Å². The molecule has 0 aliphatic carbocycles. The Kier molecular flexibility index (Phi) is 8.30. The van der Waals surface area contributed by atoms with E-state index >= 15 is 0 Å². The van der Waals surface area contributed by atoms with Gasteiger partial charge in [0.25, 0.3) is 0 Å². The molecule has 5 aromatic rings. The van der Waals surface area contributed by atoms with E-state index in [9.17, 15) is 9.18 Å². The lowest BCUT2D eigenvalue weighted by molar-refractivity contribution is -0.119. The molecule has 194 valence electrons. The number of halogens is 1. The zero-order valence-electron chi connectivity index (χ0n) is 20.7. The molecule has 6 nitrogen and oxygen atoms in total. The van der Waals surface area contributed by atoms with Crippen LogP contribution in [0.2, 0.25) is 0 Å². The van der Waals surface area contributed by atoms with Gasteiger partial charge in [-0.25, -0.2) is 9.37 Å². The number of anilines is 1. The molecule has 0 aliphatic rings. The number of hydrogen-bond acceptors (Lipinski definition) is 4. The quantitative estimate of drug-likeness (QED) is 0.122. The molecule has 0 radical (unpaired) electrons. The first-order chi connectivity index (χ1) is 19.1. The maximum atomic E-state index is 13.9. The third-order valence-electron chi connectivity index (χ3n) is 5.73. The second kappa shape index (κ2) is 12.4. The molecular formula is C30H24FN5OS2. The Balaban J connectivity index is 1.40. The molecule has 0 atom stereocenters. The predicted molar refractivity (Wildman–Crippen MR) is 159 cm³/mol. The Morgan fingerprint density at radius 3 is 2.05 bits per heavy atom. The van der Waals surface area contributed by atoms with E-state index in [1.807, 2.05) is 78.9 Å². The van der Waals surface area contributed by atoms with Crippen LogP contribution in [-0.2, 0) is 4.79 Å². The van der Waals surface area contributed by atoms with E-state index in [1.165, 1.54) is 17.8 Å². The van der Waals surface area contributed by atoms with Crippen LogP contribution in [0.4, 0.5) is 10.1 Å². The Bertz CT molecular complexity index is 1580. The topological polar surface area (TPSA) is 71.0 Å². The van der Waals surface area contributed by atoms with Crippen molar-refractivity contribution in [1.29, 1.82) is 0 Å². The highest BCUT2D eigenvalue weighted by Crippen LogP contribution is 2.38. The van der Waals surface area contributed by atoms with Gasteiger partial charge in [-0.3, -0.25) is 20.2 Å². The molecule has 0 fully saturated rings. The van der Waals surface area contributed by atoms with Crippen molar-refractivity contribution in [2.24, 2.45) is 0 Å². The molecule has 0 aliphatic heterocycles. The van der Waals surface area contributed by atoms with Crippen LogP contribution in [0, 0.1) is 5.82 Å². The van der Waals surface area contributed by atoms with Crippen molar-refractivity contribution in [3.8, 4) is 28.2 Å². The fourth-order valence-electron chi connectivity index (χ4n) is 3.98. The third-order valence-corrected chi connectivity index (χ3v) is 6.87. The monoisotopic (exact) mass is 553 g/mol. The summed E-state index contributed by atoms with van der Waals surface area (Å²) < 4.78 is 15.9. The largest absolute Gasteiger partial charge is 0.329 e. The minimum atomic E-state index is -0.445. The number of nitrogens with zero attached hydrogens (tertiary/aromatic N) is 2. The maximum absolute atomic E-state index is 13.9. The van der Waals surface area contributed by atoms with Crippen LogP contribution in [0.3, 0.4) is 0 Å². The Hall–Kier alpha value is -4.47. The zero-order valence-corrected chi connectivity index (χ0v) is 22.3. The van der Waals surface area contributed by atoms with E-state index in [0.29, 0.717) is 5.16 Å². The summed E-state index contributed by atoms with van der Waals surface area (Å²) in [5.74, 6) is -0.690.